The summed E-state index contributed by atoms with van der Waals surface area (Å²) in [6.07, 6.45) is -2.89. The molecule has 0 unspecified atom stereocenters. The molecule has 0 atom stereocenters. The molecule has 3 rings (SSSR count). The van der Waals surface area contributed by atoms with Crippen LogP contribution in [0.3, 0.4) is 0 Å². The SMILES string of the molecule is CCOc1ccc(Nc2ccnc(Nc3cccc(C(F)(F)F)c3)n2)cc1. The molecule has 1 heterocycles. The molecule has 8 heteroatoms. The van der Waals surface area contributed by atoms with Gasteiger partial charge in [0.25, 0.3) is 0 Å². The number of rotatable bonds is 6. The van der Waals surface area contributed by atoms with Gasteiger partial charge in [0.05, 0.1) is 12.2 Å². The zero-order chi connectivity index (χ0) is 19.3. The van der Waals surface area contributed by atoms with Crippen LogP contribution in [0.15, 0.2) is 60.8 Å². The lowest BCUT2D eigenvalue weighted by molar-refractivity contribution is -0.137. The maximum absolute atomic E-state index is 12.8. The van der Waals surface area contributed by atoms with Crippen LogP contribution in [0.25, 0.3) is 0 Å². The van der Waals surface area contributed by atoms with Crippen molar-refractivity contribution in [2.24, 2.45) is 0 Å². The van der Waals surface area contributed by atoms with Crippen LogP contribution in [0, 0.1) is 0 Å². The molecule has 0 saturated carbocycles. The van der Waals surface area contributed by atoms with Crippen LogP contribution in [0.5, 0.6) is 5.75 Å². The summed E-state index contributed by atoms with van der Waals surface area (Å²) in [5, 5.41) is 5.89. The lowest BCUT2D eigenvalue weighted by atomic mass is 10.2. The first-order chi connectivity index (χ1) is 12.9. The maximum Gasteiger partial charge on any atom is 0.416 e. The molecule has 0 saturated heterocycles. The van der Waals surface area contributed by atoms with Crippen LogP contribution in [-0.4, -0.2) is 16.6 Å². The second-order valence-corrected chi connectivity index (χ2v) is 5.55. The van der Waals surface area contributed by atoms with Crippen molar-refractivity contribution in [2.75, 3.05) is 17.2 Å². The third kappa shape index (κ3) is 5.10. The quantitative estimate of drug-likeness (QED) is 0.606. The number of benzene rings is 2. The number of alkyl halides is 3. The summed E-state index contributed by atoms with van der Waals surface area (Å²) >= 11 is 0. The molecule has 1 aromatic heterocycles. The van der Waals surface area contributed by atoms with Gasteiger partial charge in [-0.25, -0.2) is 4.98 Å². The zero-order valence-corrected chi connectivity index (χ0v) is 14.4. The van der Waals surface area contributed by atoms with E-state index in [1.165, 1.54) is 18.3 Å². The van der Waals surface area contributed by atoms with E-state index >= 15 is 0 Å². The van der Waals surface area contributed by atoms with Gasteiger partial charge in [0.2, 0.25) is 5.95 Å². The van der Waals surface area contributed by atoms with Gasteiger partial charge >= 0.3 is 6.18 Å². The van der Waals surface area contributed by atoms with Gasteiger partial charge in [-0.1, -0.05) is 6.07 Å². The van der Waals surface area contributed by atoms with Gasteiger partial charge in [-0.2, -0.15) is 18.2 Å². The second kappa shape index (κ2) is 7.94. The fourth-order valence-electron chi connectivity index (χ4n) is 2.34. The lowest BCUT2D eigenvalue weighted by Gasteiger charge is -2.11. The van der Waals surface area contributed by atoms with E-state index in [1.807, 2.05) is 31.2 Å². The van der Waals surface area contributed by atoms with Crippen molar-refractivity contribution in [1.29, 1.82) is 0 Å². The minimum absolute atomic E-state index is 0.185. The summed E-state index contributed by atoms with van der Waals surface area (Å²) in [7, 11) is 0. The Morgan fingerprint density at radius 3 is 2.44 bits per heavy atom. The summed E-state index contributed by atoms with van der Waals surface area (Å²) in [5.74, 6) is 1.45. The Bertz CT molecular complexity index is 898. The van der Waals surface area contributed by atoms with Crippen molar-refractivity contribution in [3.05, 3.63) is 66.4 Å². The number of halogens is 3. The Hall–Kier alpha value is -3.29. The van der Waals surface area contributed by atoms with E-state index in [1.54, 1.807) is 6.07 Å². The monoisotopic (exact) mass is 374 g/mol. The Morgan fingerprint density at radius 1 is 0.963 bits per heavy atom. The first-order valence-corrected chi connectivity index (χ1v) is 8.21. The molecule has 0 bridgehead atoms. The molecule has 0 spiro atoms. The van der Waals surface area contributed by atoms with Crippen LogP contribution in [0.1, 0.15) is 12.5 Å². The molecule has 0 aliphatic carbocycles. The van der Waals surface area contributed by atoms with Gasteiger partial charge in [-0.05, 0) is 55.5 Å². The van der Waals surface area contributed by atoms with E-state index in [2.05, 4.69) is 20.6 Å². The number of ether oxygens (including phenoxy) is 1. The summed E-state index contributed by atoms with van der Waals surface area (Å²) in [6.45, 7) is 2.50. The van der Waals surface area contributed by atoms with E-state index in [0.717, 1.165) is 23.6 Å². The minimum Gasteiger partial charge on any atom is -0.494 e. The van der Waals surface area contributed by atoms with Gasteiger partial charge < -0.3 is 15.4 Å². The highest BCUT2D eigenvalue weighted by Crippen LogP contribution is 2.31. The van der Waals surface area contributed by atoms with Gasteiger partial charge in [0, 0.05) is 17.6 Å². The molecule has 0 radical (unpaired) electrons. The van der Waals surface area contributed by atoms with Crippen molar-refractivity contribution >= 4 is 23.1 Å². The molecule has 0 fully saturated rings. The molecule has 5 nitrogen and oxygen atoms in total. The van der Waals surface area contributed by atoms with Gasteiger partial charge in [0.15, 0.2) is 0 Å². The summed E-state index contributed by atoms with van der Waals surface area (Å²) in [4.78, 5) is 8.31. The normalized spacial score (nSPS) is 11.1. The highest BCUT2D eigenvalue weighted by molar-refractivity contribution is 5.60. The predicted octanol–water partition coefficient (Wildman–Crippen LogP) is 5.38. The van der Waals surface area contributed by atoms with Crippen LogP contribution < -0.4 is 15.4 Å². The summed E-state index contributed by atoms with van der Waals surface area (Å²) < 4.78 is 43.8. The van der Waals surface area contributed by atoms with Crippen molar-refractivity contribution < 1.29 is 17.9 Å². The molecule has 2 N–H and O–H groups in total. The molecule has 2 aromatic carbocycles. The van der Waals surface area contributed by atoms with Gasteiger partial charge in [-0.3, -0.25) is 0 Å². The van der Waals surface area contributed by atoms with Crippen LogP contribution >= 0.6 is 0 Å². The van der Waals surface area contributed by atoms with E-state index in [-0.39, 0.29) is 11.6 Å². The van der Waals surface area contributed by atoms with E-state index < -0.39 is 11.7 Å². The average Bonchev–Trinajstić information content (AvgIpc) is 2.63. The molecule has 27 heavy (non-hydrogen) atoms. The first-order valence-electron chi connectivity index (χ1n) is 8.21. The fourth-order valence-corrected chi connectivity index (χ4v) is 2.34. The number of nitrogens with one attached hydrogen (secondary N) is 2. The number of hydrogen-bond acceptors (Lipinski definition) is 5. The number of aromatic nitrogens is 2. The molecule has 3 aromatic rings. The molecule has 0 aliphatic heterocycles. The topological polar surface area (TPSA) is 59.1 Å². The van der Waals surface area contributed by atoms with Crippen LogP contribution in [0.2, 0.25) is 0 Å². The summed E-state index contributed by atoms with van der Waals surface area (Å²) in [6, 6.07) is 13.9. The largest absolute Gasteiger partial charge is 0.494 e. The summed E-state index contributed by atoms with van der Waals surface area (Å²) in [5.41, 5.74) is 0.307. The standard InChI is InChI=1S/C19H17F3N4O/c1-2-27-16-8-6-14(7-9-16)24-17-10-11-23-18(26-17)25-15-5-3-4-13(12-15)19(20,21)22/h3-12H,2H2,1H3,(H2,23,24,25,26). The van der Waals surface area contributed by atoms with Crippen molar-refractivity contribution in [3.8, 4) is 5.75 Å². The molecule has 0 aliphatic rings. The Labute approximate surface area is 154 Å². The minimum atomic E-state index is -4.41. The third-order valence-electron chi connectivity index (χ3n) is 3.54. The van der Waals surface area contributed by atoms with Crippen LogP contribution in [0.4, 0.5) is 36.3 Å². The second-order valence-electron chi connectivity index (χ2n) is 5.55. The van der Waals surface area contributed by atoms with E-state index in [4.69, 9.17) is 4.74 Å². The van der Waals surface area contributed by atoms with Gasteiger partial charge in [0.1, 0.15) is 11.6 Å². The lowest BCUT2D eigenvalue weighted by Crippen LogP contribution is -2.06. The first kappa shape index (κ1) is 18.5. The zero-order valence-electron chi connectivity index (χ0n) is 14.4. The smallest absolute Gasteiger partial charge is 0.416 e. The highest BCUT2D eigenvalue weighted by Gasteiger charge is 2.30. The van der Waals surface area contributed by atoms with Crippen molar-refractivity contribution in [2.45, 2.75) is 13.1 Å². The molecular weight excluding hydrogens is 357 g/mol. The van der Waals surface area contributed by atoms with E-state index in [9.17, 15) is 13.2 Å². The predicted molar refractivity (Wildman–Crippen MR) is 97.7 cm³/mol. The number of anilines is 4. The van der Waals surface area contributed by atoms with E-state index in [0.29, 0.717) is 12.4 Å². The Balaban J connectivity index is 1.72. The van der Waals surface area contributed by atoms with Crippen LogP contribution in [-0.2, 0) is 6.18 Å². The maximum atomic E-state index is 12.8. The molecule has 0 amide bonds. The van der Waals surface area contributed by atoms with Gasteiger partial charge in [-0.15, -0.1) is 0 Å². The highest BCUT2D eigenvalue weighted by atomic mass is 19.4. The molecular formula is C19H17F3N4O. The third-order valence-corrected chi connectivity index (χ3v) is 3.54. The van der Waals surface area contributed by atoms with Crippen molar-refractivity contribution in [1.82, 2.24) is 9.97 Å². The Morgan fingerprint density at radius 2 is 1.74 bits per heavy atom. The molecule has 140 valence electrons. The fraction of sp³-hybridized carbons (Fsp3) is 0.158. The number of hydrogen-bond donors (Lipinski definition) is 2. The van der Waals surface area contributed by atoms with Crippen molar-refractivity contribution in [3.63, 3.8) is 0 Å². The average molecular weight is 374 g/mol. The Kier molecular flexibility index (Phi) is 5.44. The number of nitrogens with zero attached hydrogens (tertiary/aromatic N) is 2.